The molecule has 0 aliphatic rings. The van der Waals surface area contributed by atoms with E-state index in [9.17, 15) is 38.4 Å². The predicted molar refractivity (Wildman–Crippen MR) is 230 cm³/mol. The second-order valence-corrected chi connectivity index (χ2v) is 16.5. The van der Waals surface area contributed by atoms with Crippen LogP contribution in [0.5, 0.6) is 0 Å². The highest BCUT2D eigenvalue weighted by Gasteiger charge is 2.29. The molecule has 0 unspecified atom stereocenters. The first-order valence-electron chi connectivity index (χ1n) is 20.5. The van der Waals surface area contributed by atoms with Crippen LogP contribution in [0.1, 0.15) is 134 Å². The molecule has 4 atom stereocenters. The number of nitrogens with one attached hydrogen (secondary N) is 4. The van der Waals surface area contributed by atoms with E-state index in [1.165, 1.54) is 64.8 Å². The second-order valence-electron chi connectivity index (χ2n) is 16.5. The fourth-order valence-electron chi connectivity index (χ4n) is 6.37. The van der Waals surface area contributed by atoms with Crippen LogP contribution in [0.3, 0.4) is 0 Å². The summed E-state index contributed by atoms with van der Waals surface area (Å²) >= 11 is 0. The molecular weight excluding hydrogens is 801 g/mol. The van der Waals surface area contributed by atoms with E-state index in [4.69, 9.17) is 18.9 Å². The maximum absolute atomic E-state index is 13.9. The van der Waals surface area contributed by atoms with Crippen LogP contribution in [-0.2, 0) is 38.1 Å². The van der Waals surface area contributed by atoms with Gasteiger partial charge in [0.15, 0.2) is 0 Å². The first-order chi connectivity index (χ1) is 29.1. The zero-order valence-electron chi connectivity index (χ0n) is 37.8. The Bertz CT molecular complexity index is 1870. The van der Waals surface area contributed by atoms with Crippen LogP contribution in [0.2, 0.25) is 0 Å². The van der Waals surface area contributed by atoms with Crippen LogP contribution in [-0.4, -0.2) is 100 Å². The lowest BCUT2D eigenvalue weighted by atomic mass is 9.98. The van der Waals surface area contributed by atoms with Gasteiger partial charge in [0.25, 0.3) is 23.6 Å². The molecule has 0 aromatic heterocycles. The molecule has 0 spiro atoms. The number of methoxy groups -OCH3 is 4. The van der Waals surface area contributed by atoms with Gasteiger partial charge in [-0.15, -0.1) is 0 Å². The van der Waals surface area contributed by atoms with Gasteiger partial charge in [0.1, 0.15) is 24.2 Å². The Balaban J connectivity index is 2.91. The van der Waals surface area contributed by atoms with E-state index in [1.807, 2.05) is 55.4 Å². The number of carbonyl (C=O) groups is 8. The number of hydrogen-bond acceptors (Lipinski definition) is 12. The van der Waals surface area contributed by atoms with E-state index in [2.05, 4.69) is 33.1 Å². The fourth-order valence-corrected chi connectivity index (χ4v) is 6.37. The van der Waals surface area contributed by atoms with Crippen molar-refractivity contribution in [3.63, 3.8) is 0 Å². The van der Waals surface area contributed by atoms with Crippen LogP contribution in [0, 0.1) is 35.5 Å². The number of rotatable bonds is 20. The highest BCUT2D eigenvalue weighted by molar-refractivity contribution is 6.04. The molecule has 2 aromatic rings. The Morgan fingerprint density at radius 3 is 0.887 bits per heavy atom. The fraction of sp³-hybridized carbons (Fsp3) is 0.522. The van der Waals surface area contributed by atoms with Gasteiger partial charge < -0.3 is 40.2 Å². The van der Waals surface area contributed by atoms with E-state index in [0.717, 1.165) is 0 Å². The molecule has 2 aromatic carbocycles. The number of benzene rings is 2. The summed E-state index contributed by atoms with van der Waals surface area (Å²) in [6, 6.07) is 3.98. The van der Waals surface area contributed by atoms with Gasteiger partial charge in [-0.05, 0) is 85.8 Å². The lowest BCUT2D eigenvalue weighted by Crippen LogP contribution is -2.43. The van der Waals surface area contributed by atoms with Gasteiger partial charge in [0.2, 0.25) is 0 Å². The molecule has 0 bridgehead atoms. The van der Waals surface area contributed by atoms with Crippen molar-refractivity contribution in [3.05, 3.63) is 69.8 Å². The van der Waals surface area contributed by atoms with Gasteiger partial charge in [-0.2, -0.15) is 0 Å². The van der Waals surface area contributed by atoms with Crippen molar-refractivity contribution in [2.75, 3.05) is 28.4 Å². The number of esters is 4. The van der Waals surface area contributed by atoms with Gasteiger partial charge >= 0.3 is 23.9 Å². The molecule has 4 amide bonds. The summed E-state index contributed by atoms with van der Waals surface area (Å²) in [6.45, 7) is 15.0. The largest absolute Gasteiger partial charge is 0.467 e. The quantitative estimate of drug-likeness (QED) is 0.0829. The minimum Gasteiger partial charge on any atom is -0.467 e. The zero-order chi connectivity index (χ0) is 46.8. The lowest BCUT2D eigenvalue weighted by molar-refractivity contribution is -0.144. The Labute approximate surface area is 364 Å². The Hall–Kier alpha value is -6.24. The first-order valence-corrected chi connectivity index (χ1v) is 20.5. The average molecular weight is 863 g/mol. The number of amides is 4. The van der Waals surface area contributed by atoms with Crippen LogP contribution >= 0.6 is 0 Å². The van der Waals surface area contributed by atoms with Crippen LogP contribution in [0.15, 0.2) is 36.4 Å². The van der Waals surface area contributed by atoms with E-state index in [1.54, 1.807) is 0 Å². The third kappa shape index (κ3) is 16.0. The van der Waals surface area contributed by atoms with Crippen LogP contribution < -0.4 is 21.3 Å². The van der Waals surface area contributed by atoms with Crippen molar-refractivity contribution in [2.45, 2.75) is 105 Å². The lowest BCUT2D eigenvalue weighted by Gasteiger charge is -2.20. The van der Waals surface area contributed by atoms with Crippen molar-refractivity contribution < 1.29 is 57.3 Å². The SMILES string of the molecule is COC(=O)[C@H](CC(C)C)NC(=O)c1ccc(C(=O)N[C@@H](CC(C)C)C(=O)OC)c(C#Cc2cc(C(=O)N[C@@H](CC(C)C)C(=O)OC)ccc2C(=O)N[C@@H](CC(C)C)C(=O)OC)c1. The van der Waals surface area contributed by atoms with Gasteiger partial charge in [-0.3, -0.25) is 19.2 Å². The molecule has 2 rings (SSSR count). The van der Waals surface area contributed by atoms with Gasteiger partial charge in [-0.25, -0.2) is 19.2 Å². The topological polar surface area (TPSA) is 222 Å². The number of carbonyl (C=O) groups excluding carboxylic acids is 8. The molecule has 0 saturated carbocycles. The van der Waals surface area contributed by atoms with Crippen LogP contribution in [0.4, 0.5) is 0 Å². The zero-order valence-corrected chi connectivity index (χ0v) is 37.8. The van der Waals surface area contributed by atoms with Crippen molar-refractivity contribution in [3.8, 4) is 11.8 Å². The molecule has 0 aliphatic heterocycles. The van der Waals surface area contributed by atoms with E-state index in [0.29, 0.717) is 0 Å². The van der Waals surface area contributed by atoms with E-state index < -0.39 is 71.7 Å². The average Bonchev–Trinajstić information content (AvgIpc) is 3.22. The molecule has 0 radical (unpaired) electrons. The van der Waals surface area contributed by atoms with Crippen LogP contribution in [0.25, 0.3) is 0 Å². The summed E-state index contributed by atoms with van der Waals surface area (Å²) in [5.74, 6) is 0.289. The minimum atomic E-state index is -1.03. The first kappa shape index (κ1) is 51.9. The summed E-state index contributed by atoms with van der Waals surface area (Å²) in [5.41, 5.74) is -0.160. The normalized spacial score (nSPS) is 12.8. The van der Waals surface area contributed by atoms with Crippen molar-refractivity contribution >= 4 is 47.5 Å². The molecule has 338 valence electrons. The predicted octanol–water partition coefficient (Wildman–Crippen LogP) is 4.36. The third-order valence-corrected chi connectivity index (χ3v) is 9.38. The highest BCUT2D eigenvalue weighted by atomic mass is 16.5. The van der Waals surface area contributed by atoms with Crippen molar-refractivity contribution in [1.29, 1.82) is 0 Å². The molecule has 0 aliphatic carbocycles. The maximum atomic E-state index is 13.9. The molecule has 16 heteroatoms. The summed E-state index contributed by atoms with van der Waals surface area (Å²) < 4.78 is 19.7. The molecule has 0 heterocycles. The Kier molecular flexibility index (Phi) is 20.8. The molecular formula is C46H62N4O12. The smallest absolute Gasteiger partial charge is 0.328 e. The van der Waals surface area contributed by atoms with E-state index >= 15 is 0 Å². The van der Waals surface area contributed by atoms with Crippen molar-refractivity contribution in [2.24, 2.45) is 23.7 Å². The highest BCUT2D eigenvalue weighted by Crippen LogP contribution is 2.19. The van der Waals surface area contributed by atoms with E-state index in [-0.39, 0.29) is 82.7 Å². The summed E-state index contributed by atoms with van der Waals surface area (Å²) in [7, 11) is 4.82. The minimum absolute atomic E-state index is 0.00918. The Morgan fingerprint density at radius 2 is 0.661 bits per heavy atom. The van der Waals surface area contributed by atoms with Gasteiger partial charge in [0.05, 0.1) is 39.6 Å². The van der Waals surface area contributed by atoms with Crippen molar-refractivity contribution in [1.82, 2.24) is 21.3 Å². The standard InChI is InChI=1S/C46H62N4O12/c1-25(2)19-35(43(55)59-9)47-39(51)31-15-17-33(41(53)49-37(21-27(5)6)45(57)61-11)29(23-31)13-14-30-24-32(40(52)48-36(20-26(3)4)44(56)60-10)16-18-34(30)42(54)50-38(22-28(7)8)46(58)62-12/h15-18,23-28,35-38H,19-22H2,1-12H3,(H,47,51)(H,48,52)(H,49,53)(H,50,54)/t35-,36-,37-,38-/m0/s1. The van der Waals surface area contributed by atoms with Gasteiger partial charge in [-0.1, -0.05) is 67.2 Å². The second kappa shape index (κ2) is 24.9. The summed E-state index contributed by atoms with van der Waals surface area (Å²) in [4.78, 5) is 106. The third-order valence-electron chi connectivity index (χ3n) is 9.38. The monoisotopic (exact) mass is 862 g/mol. The molecule has 0 saturated heterocycles. The molecule has 16 nitrogen and oxygen atoms in total. The number of hydrogen-bond donors (Lipinski definition) is 4. The summed E-state index contributed by atoms with van der Waals surface area (Å²) in [6.07, 6.45) is 1.04. The maximum Gasteiger partial charge on any atom is 0.328 e. The molecule has 62 heavy (non-hydrogen) atoms. The number of ether oxygens (including phenoxy) is 4. The van der Waals surface area contributed by atoms with Gasteiger partial charge in [0, 0.05) is 22.3 Å². The molecule has 0 fully saturated rings. The molecule has 4 N–H and O–H groups in total. The Morgan fingerprint density at radius 1 is 0.419 bits per heavy atom. The summed E-state index contributed by atoms with van der Waals surface area (Å²) in [5, 5.41) is 10.7.